The first-order chi connectivity index (χ1) is 8.20. The van der Waals surface area contributed by atoms with Crippen LogP contribution in [0.4, 0.5) is 4.39 Å². The Labute approximate surface area is 99.0 Å². The quantitative estimate of drug-likeness (QED) is 0.886. The molecular formula is C13H14FNO2. The normalized spacial score (nSPS) is 12.4. The van der Waals surface area contributed by atoms with E-state index in [1.54, 1.807) is 31.4 Å². The molecule has 0 spiro atoms. The number of rotatable bonds is 4. The summed E-state index contributed by atoms with van der Waals surface area (Å²) in [6.45, 7) is 2.08. The number of benzene rings is 1. The van der Waals surface area contributed by atoms with Crippen molar-refractivity contribution >= 4 is 0 Å². The Hall–Kier alpha value is -1.81. The molecule has 3 nitrogen and oxygen atoms in total. The van der Waals surface area contributed by atoms with Crippen LogP contribution in [0.2, 0.25) is 0 Å². The van der Waals surface area contributed by atoms with Gasteiger partial charge < -0.3 is 14.9 Å². The molecule has 0 bridgehead atoms. The molecule has 0 aliphatic rings. The number of aryl methyl sites for hydroxylation is 1. The van der Waals surface area contributed by atoms with Gasteiger partial charge in [0.2, 0.25) is 0 Å². The number of hydrogen-bond donors (Lipinski definition) is 1. The minimum atomic E-state index is -0.353. The van der Waals surface area contributed by atoms with Gasteiger partial charge in [0.1, 0.15) is 17.3 Å². The average Bonchev–Trinajstić information content (AvgIpc) is 2.81. The van der Waals surface area contributed by atoms with Gasteiger partial charge >= 0.3 is 0 Å². The molecule has 0 aliphatic carbocycles. The van der Waals surface area contributed by atoms with Crippen LogP contribution in [0.3, 0.4) is 0 Å². The smallest absolute Gasteiger partial charge is 0.168 e. The predicted octanol–water partition coefficient (Wildman–Crippen LogP) is 2.81. The van der Waals surface area contributed by atoms with Gasteiger partial charge in [-0.05, 0) is 42.8 Å². The summed E-state index contributed by atoms with van der Waals surface area (Å²) in [4.78, 5) is 0. The van der Waals surface area contributed by atoms with E-state index in [-0.39, 0.29) is 11.9 Å². The fourth-order valence-corrected chi connectivity index (χ4v) is 1.60. The van der Waals surface area contributed by atoms with Gasteiger partial charge in [-0.25, -0.2) is 4.39 Å². The summed E-state index contributed by atoms with van der Waals surface area (Å²) in [5, 5.41) is 0. The standard InChI is InChI=1S/C13H14FNO2/c1-9-7-10(14)4-5-11(9)17-13(8-15)12-3-2-6-16-12/h2-7,13H,8,15H2,1H3. The molecule has 0 radical (unpaired) electrons. The second-order valence-electron chi connectivity index (χ2n) is 3.77. The zero-order valence-electron chi connectivity index (χ0n) is 9.52. The highest BCUT2D eigenvalue weighted by atomic mass is 19.1. The van der Waals surface area contributed by atoms with Gasteiger partial charge in [0.25, 0.3) is 0 Å². The molecule has 1 unspecified atom stereocenters. The van der Waals surface area contributed by atoms with Gasteiger partial charge in [-0.1, -0.05) is 0 Å². The van der Waals surface area contributed by atoms with Crippen LogP contribution in [0.15, 0.2) is 41.0 Å². The first-order valence-electron chi connectivity index (χ1n) is 5.37. The van der Waals surface area contributed by atoms with Gasteiger partial charge in [-0.2, -0.15) is 0 Å². The molecule has 90 valence electrons. The number of halogens is 1. The van der Waals surface area contributed by atoms with Crippen molar-refractivity contribution in [3.8, 4) is 5.75 Å². The van der Waals surface area contributed by atoms with E-state index >= 15 is 0 Å². The lowest BCUT2D eigenvalue weighted by Crippen LogP contribution is -2.18. The molecule has 2 rings (SSSR count). The topological polar surface area (TPSA) is 48.4 Å². The number of furan rings is 1. The second kappa shape index (κ2) is 5.01. The second-order valence-corrected chi connectivity index (χ2v) is 3.77. The van der Waals surface area contributed by atoms with Crippen molar-refractivity contribution in [2.45, 2.75) is 13.0 Å². The molecule has 17 heavy (non-hydrogen) atoms. The molecule has 2 N–H and O–H groups in total. The molecule has 4 heteroatoms. The fourth-order valence-electron chi connectivity index (χ4n) is 1.60. The van der Waals surface area contributed by atoms with E-state index in [1.165, 1.54) is 12.1 Å². The number of hydrogen-bond acceptors (Lipinski definition) is 3. The maximum atomic E-state index is 12.9. The van der Waals surface area contributed by atoms with Gasteiger partial charge in [0, 0.05) is 6.54 Å². The van der Waals surface area contributed by atoms with Crippen molar-refractivity contribution in [1.29, 1.82) is 0 Å². The zero-order chi connectivity index (χ0) is 12.3. The Morgan fingerprint density at radius 1 is 1.41 bits per heavy atom. The van der Waals surface area contributed by atoms with E-state index in [4.69, 9.17) is 14.9 Å². The van der Waals surface area contributed by atoms with Crippen molar-refractivity contribution in [2.24, 2.45) is 5.73 Å². The van der Waals surface area contributed by atoms with Gasteiger partial charge in [0.05, 0.1) is 6.26 Å². The Kier molecular flexibility index (Phi) is 3.44. The first-order valence-corrected chi connectivity index (χ1v) is 5.37. The van der Waals surface area contributed by atoms with Gasteiger partial charge in [-0.3, -0.25) is 0 Å². The largest absolute Gasteiger partial charge is 0.481 e. The van der Waals surface area contributed by atoms with E-state index in [2.05, 4.69) is 0 Å². The third kappa shape index (κ3) is 2.65. The minimum Gasteiger partial charge on any atom is -0.481 e. The van der Waals surface area contributed by atoms with Crippen LogP contribution in [0.1, 0.15) is 17.4 Å². The molecule has 1 heterocycles. The Bertz CT molecular complexity index is 482. The Morgan fingerprint density at radius 3 is 2.82 bits per heavy atom. The summed E-state index contributed by atoms with van der Waals surface area (Å²) in [5.74, 6) is 0.992. The SMILES string of the molecule is Cc1cc(F)ccc1OC(CN)c1ccco1. The average molecular weight is 235 g/mol. The molecule has 2 aromatic rings. The van der Waals surface area contributed by atoms with Crippen LogP contribution in [-0.4, -0.2) is 6.54 Å². The Balaban J connectivity index is 2.19. The molecule has 1 atom stereocenters. The van der Waals surface area contributed by atoms with Crippen LogP contribution in [0.25, 0.3) is 0 Å². The van der Waals surface area contributed by atoms with Crippen molar-refractivity contribution in [1.82, 2.24) is 0 Å². The third-order valence-electron chi connectivity index (χ3n) is 2.48. The maximum Gasteiger partial charge on any atom is 0.168 e. The molecule has 0 aliphatic heterocycles. The Morgan fingerprint density at radius 2 is 2.24 bits per heavy atom. The van der Waals surface area contributed by atoms with Crippen LogP contribution in [-0.2, 0) is 0 Å². The highest BCUT2D eigenvalue weighted by Crippen LogP contribution is 2.25. The van der Waals surface area contributed by atoms with Gasteiger partial charge in [0.15, 0.2) is 6.10 Å². The molecule has 1 aromatic carbocycles. The van der Waals surface area contributed by atoms with Crippen LogP contribution >= 0.6 is 0 Å². The lowest BCUT2D eigenvalue weighted by molar-refractivity contribution is 0.182. The highest BCUT2D eigenvalue weighted by molar-refractivity contribution is 5.33. The van der Waals surface area contributed by atoms with Crippen molar-refractivity contribution in [3.63, 3.8) is 0 Å². The van der Waals surface area contributed by atoms with Crippen LogP contribution in [0.5, 0.6) is 5.75 Å². The zero-order valence-corrected chi connectivity index (χ0v) is 9.52. The first kappa shape index (κ1) is 11.7. The monoisotopic (exact) mass is 235 g/mol. The summed E-state index contributed by atoms with van der Waals surface area (Å²) in [6.07, 6.45) is 1.22. The summed E-state index contributed by atoms with van der Waals surface area (Å²) in [5.41, 5.74) is 6.36. The van der Waals surface area contributed by atoms with E-state index < -0.39 is 0 Å². The molecular weight excluding hydrogens is 221 g/mol. The van der Waals surface area contributed by atoms with Crippen molar-refractivity contribution in [3.05, 3.63) is 53.7 Å². The summed E-state index contributed by atoms with van der Waals surface area (Å²) >= 11 is 0. The summed E-state index contributed by atoms with van der Waals surface area (Å²) in [7, 11) is 0. The van der Waals surface area contributed by atoms with E-state index in [1.807, 2.05) is 0 Å². The molecule has 1 aromatic heterocycles. The molecule has 0 saturated carbocycles. The molecule has 0 fully saturated rings. The molecule has 0 saturated heterocycles. The summed E-state index contributed by atoms with van der Waals surface area (Å²) < 4.78 is 23.9. The maximum absolute atomic E-state index is 12.9. The van der Waals surface area contributed by atoms with E-state index in [9.17, 15) is 4.39 Å². The molecule has 0 amide bonds. The van der Waals surface area contributed by atoms with E-state index in [0.29, 0.717) is 18.1 Å². The van der Waals surface area contributed by atoms with Crippen LogP contribution in [0, 0.1) is 12.7 Å². The predicted molar refractivity (Wildman–Crippen MR) is 62.3 cm³/mol. The van der Waals surface area contributed by atoms with E-state index in [0.717, 1.165) is 5.56 Å². The third-order valence-corrected chi connectivity index (χ3v) is 2.48. The summed E-state index contributed by atoms with van der Waals surface area (Å²) in [6, 6.07) is 7.95. The lowest BCUT2D eigenvalue weighted by atomic mass is 10.2. The van der Waals surface area contributed by atoms with Crippen LogP contribution < -0.4 is 10.5 Å². The number of nitrogens with two attached hydrogens (primary N) is 1. The van der Waals surface area contributed by atoms with Crippen molar-refractivity contribution in [2.75, 3.05) is 6.54 Å². The van der Waals surface area contributed by atoms with Gasteiger partial charge in [-0.15, -0.1) is 0 Å². The van der Waals surface area contributed by atoms with Crippen molar-refractivity contribution < 1.29 is 13.5 Å². The minimum absolute atomic E-state index is 0.280. The highest BCUT2D eigenvalue weighted by Gasteiger charge is 2.15. The lowest BCUT2D eigenvalue weighted by Gasteiger charge is -2.16. The fraction of sp³-hybridized carbons (Fsp3) is 0.231. The number of ether oxygens (including phenoxy) is 1.